The summed E-state index contributed by atoms with van der Waals surface area (Å²) in [6.45, 7) is 5.83. The number of nitrogens with one attached hydrogen (secondary N) is 1. The molecule has 0 aliphatic heterocycles. The van der Waals surface area contributed by atoms with Crippen LogP contribution < -0.4 is 14.4 Å². The van der Waals surface area contributed by atoms with Gasteiger partial charge in [-0.25, -0.2) is 8.42 Å². The molecule has 0 saturated heterocycles. The normalized spacial score (nSPS) is 11.9. The SMILES string of the molecule is CCCCNC(=O)[C@H](C)N(Cc1cccc(C)c1)C(=O)CN(c1ccc(OC)cc1)S(=O)(=O)c1ccccc1. The van der Waals surface area contributed by atoms with Crippen molar-refractivity contribution in [3.8, 4) is 5.75 Å². The molecule has 0 spiro atoms. The second-order valence-corrected chi connectivity index (χ2v) is 11.2. The lowest BCUT2D eigenvalue weighted by atomic mass is 10.1. The van der Waals surface area contributed by atoms with Crippen molar-refractivity contribution in [1.29, 1.82) is 0 Å². The molecule has 3 aromatic carbocycles. The number of nitrogens with zero attached hydrogens (tertiary/aromatic N) is 2. The molecule has 2 amide bonds. The van der Waals surface area contributed by atoms with Crippen molar-refractivity contribution in [3.05, 3.63) is 90.0 Å². The Morgan fingerprint density at radius 1 is 0.974 bits per heavy atom. The number of rotatable bonds is 13. The van der Waals surface area contributed by atoms with E-state index in [4.69, 9.17) is 4.74 Å². The largest absolute Gasteiger partial charge is 0.497 e. The van der Waals surface area contributed by atoms with E-state index < -0.39 is 28.5 Å². The Hall–Kier alpha value is -3.85. The van der Waals surface area contributed by atoms with E-state index in [1.54, 1.807) is 49.4 Å². The number of hydrogen-bond donors (Lipinski definition) is 1. The second kappa shape index (κ2) is 13.8. The molecule has 208 valence electrons. The van der Waals surface area contributed by atoms with Crippen molar-refractivity contribution in [2.75, 3.05) is 24.5 Å². The van der Waals surface area contributed by atoms with Gasteiger partial charge < -0.3 is 15.0 Å². The topological polar surface area (TPSA) is 96.0 Å². The van der Waals surface area contributed by atoms with E-state index in [1.165, 1.54) is 24.1 Å². The Balaban J connectivity index is 1.99. The molecule has 3 aromatic rings. The average Bonchev–Trinajstić information content (AvgIpc) is 2.94. The molecule has 0 bridgehead atoms. The van der Waals surface area contributed by atoms with Gasteiger partial charge in [-0.3, -0.25) is 13.9 Å². The molecule has 1 atom stereocenters. The van der Waals surface area contributed by atoms with Gasteiger partial charge in [-0.1, -0.05) is 61.4 Å². The average molecular weight is 552 g/mol. The van der Waals surface area contributed by atoms with Crippen molar-refractivity contribution >= 4 is 27.5 Å². The van der Waals surface area contributed by atoms with Gasteiger partial charge in [0.05, 0.1) is 17.7 Å². The molecule has 0 aliphatic rings. The highest BCUT2D eigenvalue weighted by Crippen LogP contribution is 2.26. The van der Waals surface area contributed by atoms with E-state index in [0.717, 1.165) is 28.3 Å². The van der Waals surface area contributed by atoms with Gasteiger partial charge in [0.25, 0.3) is 10.0 Å². The number of amides is 2. The summed E-state index contributed by atoms with van der Waals surface area (Å²) in [7, 11) is -2.58. The first kappa shape index (κ1) is 29.7. The predicted molar refractivity (Wildman–Crippen MR) is 153 cm³/mol. The highest BCUT2D eigenvalue weighted by atomic mass is 32.2. The lowest BCUT2D eigenvalue weighted by Crippen LogP contribution is -2.51. The predicted octanol–water partition coefficient (Wildman–Crippen LogP) is 4.53. The van der Waals surface area contributed by atoms with E-state index in [-0.39, 0.29) is 17.3 Å². The number of methoxy groups -OCH3 is 1. The number of unbranched alkanes of at least 4 members (excludes halogenated alkanes) is 1. The fourth-order valence-electron chi connectivity index (χ4n) is 4.12. The smallest absolute Gasteiger partial charge is 0.264 e. The molecule has 1 N–H and O–H groups in total. The van der Waals surface area contributed by atoms with Crippen LogP contribution in [-0.4, -0.2) is 51.4 Å². The van der Waals surface area contributed by atoms with Crippen LogP contribution in [0.5, 0.6) is 5.75 Å². The van der Waals surface area contributed by atoms with Gasteiger partial charge >= 0.3 is 0 Å². The highest BCUT2D eigenvalue weighted by Gasteiger charge is 2.32. The van der Waals surface area contributed by atoms with E-state index in [0.29, 0.717) is 18.0 Å². The van der Waals surface area contributed by atoms with Crippen molar-refractivity contribution in [2.45, 2.75) is 51.1 Å². The van der Waals surface area contributed by atoms with Crippen LogP contribution in [-0.2, 0) is 26.2 Å². The number of benzene rings is 3. The van der Waals surface area contributed by atoms with Gasteiger partial charge in [0.1, 0.15) is 18.3 Å². The van der Waals surface area contributed by atoms with Crippen LogP contribution in [0.25, 0.3) is 0 Å². The van der Waals surface area contributed by atoms with E-state index >= 15 is 0 Å². The number of anilines is 1. The molecule has 0 heterocycles. The van der Waals surface area contributed by atoms with Crippen LogP contribution in [0.15, 0.2) is 83.8 Å². The number of sulfonamides is 1. The number of hydrogen-bond acceptors (Lipinski definition) is 5. The minimum atomic E-state index is -4.10. The van der Waals surface area contributed by atoms with Gasteiger partial charge in [-0.2, -0.15) is 0 Å². The van der Waals surface area contributed by atoms with Crippen molar-refractivity contribution in [3.63, 3.8) is 0 Å². The molecule has 0 fully saturated rings. The summed E-state index contributed by atoms with van der Waals surface area (Å²) in [5, 5.41) is 2.89. The number of carbonyl (C=O) groups is 2. The Morgan fingerprint density at radius 2 is 1.67 bits per heavy atom. The van der Waals surface area contributed by atoms with Crippen molar-refractivity contribution in [2.24, 2.45) is 0 Å². The molecule has 0 aromatic heterocycles. The molecular formula is C30H37N3O5S. The minimum Gasteiger partial charge on any atom is -0.497 e. The molecule has 39 heavy (non-hydrogen) atoms. The zero-order valence-electron chi connectivity index (χ0n) is 23.0. The lowest BCUT2D eigenvalue weighted by molar-refractivity contribution is -0.139. The van der Waals surface area contributed by atoms with Crippen molar-refractivity contribution < 1.29 is 22.7 Å². The molecule has 3 rings (SSSR count). The highest BCUT2D eigenvalue weighted by molar-refractivity contribution is 7.92. The van der Waals surface area contributed by atoms with Gasteiger partial charge in [0, 0.05) is 13.1 Å². The third-order valence-electron chi connectivity index (χ3n) is 6.40. The second-order valence-electron chi connectivity index (χ2n) is 9.35. The fraction of sp³-hybridized carbons (Fsp3) is 0.333. The van der Waals surface area contributed by atoms with Crippen LogP contribution in [0.3, 0.4) is 0 Å². The Labute approximate surface area is 231 Å². The molecule has 8 nitrogen and oxygen atoms in total. The van der Waals surface area contributed by atoms with Gasteiger partial charge in [-0.15, -0.1) is 0 Å². The third-order valence-corrected chi connectivity index (χ3v) is 8.19. The van der Waals surface area contributed by atoms with E-state index in [1.807, 2.05) is 38.1 Å². The van der Waals surface area contributed by atoms with Crippen LogP contribution >= 0.6 is 0 Å². The fourth-order valence-corrected chi connectivity index (χ4v) is 5.56. The first-order valence-electron chi connectivity index (χ1n) is 13.0. The van der Waals surface area contributed by atoms with E-state index in [9.17, 15) is 18.0 Å². The minimum absolute atomic E-state index is 0.0595. The Kier molecular flexibility index (Phi) is 10.5. The molecule has 9 heteroatoms. The number of carbonyl (C=O) groups excluding carboxylic acids is 2. The monoisotopic (exact) mass is 551 g/mol. The third kappa shape index (κ3) is 7.83. The molecule has 0 saturated carbocycles. The molecular weight excluding hydrogens is 514 g/mol. The van der Waals surface area contributed by atoms with Crippen molar-refractivity contribution in [1.82, 2.24) is 10.2 Å². The summed E-state index contributed by atoms with van der Waals surface area (Å²) in [5.41, 5.74) is 2.17. The first-order chi connectivity index (χ1) is 18.7. The summed E-state index contributed by atoms with van der Waals surface area (Å²) in [6.07, 6.45) is 1.75. The van der Waals surface area contributed by atoms with Crippen LogP contribution in [0.2, 0.25) is 0 Å². The summed E-state index contributed by atoms with van der Waals surface area (Å²) in [5.74, 6) is -0.225. The summed E-state index contributed by atoms with van der Waals surface area (Å²) in [4.78, 5) is 28.4. The van der Waals surface area contributed by atoms with Crippen LogP contribution in [0.1, 0.15) is 37.8 Å². The maximum Gasteiger partial charge on any atom is 0.264 e. The summed E-state index contributed by atoms with van der Waals surface area (Å²) < 4.78 is 33.8. The zero-order valence-corrected chi connectivity index (χ0v) is 23.8. The lowest BCUT2D eigenvalue weighted by Gasteiger charge is -2.32. The van der Waals surface area contributed by atoms with Crippen LogP contribution in [0.4, 0.5) is 5.69 Å². The Bertz CT molecular complexity index is 1340. The quantitative estimate of drug-likeness (QED) is 0.315. The summed E-state index contributed by atoms with van der Waals surface area (Å²) >= 11 is 0. The van der Waals surface area contributed by atoms with Crippen LogP contribution in [0, 0.1) is 6.92 Å². The first-order valence-corrected chi connectivity index (χ1v) is 14.5. The molecule has 0 aliphatic carbocycles. The van der Waals surface area contributed by atoms with E-state index in [2.05, 4.69) is 5.32 Å². The number of ether oxygens (including phenoxy) is 1. The Morgan fingerprint density at radius 3 is 2.28 bits per heavy atom. The molecule has 0 radical (unpaired) electrons. The standard InChI is InChI=1S/C30H37N3O5S/c1-5-6-19-31-30(35)24(3)32(21-25-12-10-11-23(2)20-25)29(34)22-33(26-15-17-27(38-4)18-16-26)39(36,37)28-13-8-7-9-14-28/h7-18,20,24H,5-6,19,21-22H2,1-4H3,(H,31,35)/t24-/m0/s1. The maximum atomic E-state index is 13.9. The zero-order chi connectivity index (χ0) is 28.4. The van der Waals surface area contributed by atoms with Gasteiger partial charge in [0.2, 0.25) is 11.8 Å². The summed E-state index contributed by atoms with van der Waals surface area (Å²) in [6, 6.07) is 21.3. The maximum absolute atomic E-state index is 13.9. The van der Waals surface area contributed by atoms with Gasteiger partial charge in [-0.05, 0) is 62.2 Å². The molecule has 0 unspecified atom stereocenters. The van der Waals surface area contributed by atoms with Gasteiger partial charge in [0.15, 0.2) is 0 Å². The number of aryl methyl sites for hydroxylation is 1.